The van der Waals surface area contributed by atoms with E-state index in [1.807, 2.05) is 6.92 Å². The Balaban J connectivity index is 3.16. The molecule has 0 amide bonds. The molecule has 1 rings (SSSR count). The lowest BCUT2D eigenvalue weighted by atomic mass is 10.1. The average molecular weight is 240 g/mol. The Kier molecular flexibility index (Phi) is 5.10. The molecule has 1 N–H and O–H groups in total. The third-order valence-electron chi connectivity index (χ3n) is 2.42. The van der Waals surface area contributed by atoms with Gasteiger partial charge in [-0.2, -0.15) is 0 Å². The van der Waals surface area contributed by atoms with E-state index in [0.29, 0.717) is 23.9 Å². The van der Waals surface area contributed by atoms with E-state index >= 15 is 0 Å². The molecule has 0 fully saturated rings. The van der Waals surface area contributed by atoms with E-state index < -0.39 is 6.10 Å². The number of benzene rings is 1. The highest BCUT2D eigenvalue weighted by Gasteiger charge is 2.15. The van der Waals surface area contributed by atoms with Crippen LogP contribution in [0.5, 0.6) is 17.2 Å². The summed E-state index contributed by atoms with van der Waals surface area (Å²) in [5.41, 5.74) is 0.738. The van der Waals surface area contributed by atoms with Crippen LogP contribution in [0.2, 0.25) is 0 Å². The second kappa shape index (κ2) is 6.35. The van der Waals surface area contributed by atoms with E-state index in [9.17, 15) is 5.11 Å². The molecule has 0 bridgehead atoms. The normalized spacial score (nSPS) is 12.1. The first kappa shape index (κ1) is 13.6. The predicted molar refractivity (Wildman–Crippen MR) is 66.0 cm³/mol. The Morgan fingerprint density at radius 3 is 2.06 bits per heavy atom. The third kappa shape index (κ3) is 3.27. The topological polar surface area (TPSA) is 47.9 Å². The lowest BCUT2D eigenvalue weighted by molar-refractivity contribution is 0.197. The summed E-state index contributed by atoms with van der Waals surface area (Å²) < 4.78 is 16.1. The van der Waals surface area contributed by atoms with Gasteiger partial charge in [-0.3, -0.25) is 0 Å². The quantitative estimate of drug-likeness (QED) is 0.830. The maximum Gasteiger partial charge on any atom is 0.203 e. The number of aliphatic hydroxyl groups excluding tert-OH is 1. The van der Waals surface area contributed by atoms with E-state index in [0.717, 1.165) is 12.0 Å². The van der Waals surface area contributed by atoms with Gasteiger partial charge < -0.3 is 19.3 Å². The number of hydrogen-bond donors (Lipinski definition) is 1. The number of aliphatic hydroxyl groups is 1. The zero-order valence-electron chi connectivity index (χ0n) is 10.8. The Hall–Kier alpha value is -1.42. The summed E-state index contributed by atoms with van der Waals surface area (Å²) in [6.07, 6.45) is 0.336. The molecule has 0 saturated carbocycles. The SMILES string of the molecule is CCCOc1c(OC)cc(C(C)O)cc1OC. The van der Waals surface area contributed by atoms with Crippen molar-refractivity contribution in [1.82, 2.24) is 0 Å². The number of rotatable bonds is 6. The fraction of sp³-hybridized carbons (Fsp3) is 0.538. The van der Waals surface area contributed by atoms with Gasteiger partial charge in [0.25, 0.3) is 0 Å². The van der Waals surface area contributed by atoms with Gasteiger partial charge in [-0.05, 0) is 31.0 Å². The summed E-state index contributed by atoms with van der Waals surface area (Å²) in [6, 6.07) is 3.52. The molecule has 0 aromatic heterocycles. The van der Waals surface area contributed by atoms with Crippen LogP contribution in [0.4, 0.5) is 0 Å². The first-order chi connectivity index (χ1) is 8.13. The molecule has 0 aliphatic heterocycles. The van der Waals surface area contributed by atoms with Crippen molar-refractivity contribution in [3.63, 3.8) is 0 Å². The Morgan fingerprint density at radius 2 is 1.71 bits per heavy atom. The van der Waals surface area contributed by atoms with Crippen molar-refractivity contribution < 1.29 is 19.3 Å². The van der Waals surface area contributed by atoms with Gasteiger partial charge in [0.15, 0.2) is 11.5 Å². The molecule has 0 radical (unpaired) electrons. The molecule has 0 heterocycles. The first-order valence-electron chi connectivity index (χ1n) is 5.70. The second-order valence-corrected chi connectivity index (χ2v) is 3.78. The van der Waals surface area contributed by atoms with E-state index in [1.54, 1.807) is 33.3 Å². The smallest absolute Gasteiger partial charge is 0.203 e. The van der Waals surface area contributed by atoms with Crippen molar-refractivity contribution in [2.24, 2.45) is 0 Å². The standard InChI is InChI=1S/C13H20O4/c1-5-6-17-13-11(15-3)7-10(9(2)14)8-12(13)16-4/h7-9,14H,5-6H2,1-4H3. The van der Waals surface area contributed by atoms with Crippen molar-refractivity contribution in [2.45, 2.75) is 26.4 Å². The monoisotopic (exact) mass is 240 g/mol. The van der Waals surface area contributed by atoms with Crippen LogP contribution in [0, 0.1) is 0 Å². The molecule has 17 heavy (non-hydrogen) atoms. The van der Waals surface area contributed by atoms with Crippen LogP contribution in [-0.4, -0.2) is 25.9 Å². The van der Waals surface area contributed by atoms with Crippen molar-refractivity contribution >= 4 is 0 Å². The fourth-order valence-electron chi connectivity index (χ4n) is 1.49. The van der Waals surface area contributed by atoms with E-state index in [4.69, 9.17) is 14.2 Å². The van der Waals surface area contributed by atoms with Gasteiger partial charge in [0, 0.05) is 0 Å². The number of hydrogen-bond acceptors (Lipinski definition) is 4. The van der Waals surface area contributed by atoms with Crippen LogP contribution in [0.25, 0.3) is 0 Å². The van der Waals surface area contributed by atoms with Crippen LogP contribution in [0.3, 0.4) is 0 Å². The van der Waals surface area contributed by atoms with Crippen LogP contribution < -0.4 is 14.2 Å². The molecule has 1 unspecified atom stereocenters. The summed E-state index contributed by atoms with van der Waals surface area (Å²) in [5, 5.41) is 9.58. The van der Waals surface area contributed by atoms with E-state index in [2.05, 4.69) is 0 Å². The molecule has 96 valence electrons. The van der Waals surface area contributed by atoms with Gasteiger partial charge in [0.05, 0.1) is 26.9 Å². The summed E-state index contributed by atoms with van der Waals surface area (Å²) in [6.45, 7) is 4.32. The molecule has 4 nitrogen and oxygen atoms in total. The van der Waals surface area contributed by atoms with Gasteiger partial charge in [0.1, 0.15) is 0 Å². The molecular weight excluding hydrogens is 220 g/mol. The maximum absolute atomic E-state index is 9.58. The molecule has 0 aliphatic carbocycles. The molecule has 1 aromatic carbocycles. The summed E-state index contributed by atoms with van der Waals surface area (Å²) in [7, 11) is 3.14. The van der Waals surface area contributed by atoms with Crippen LogP contribution in [0.15, 0.2) is 12.1 Å². The van der Waals surface area contributed by atoms with Crippen LogP contribution in [0.1, 0.15) is 31.9 Å². The highest BCUT2D eigenvalue weighted by molar-refractivity contribution is 5.54. The van der Waals surface area contributed by atoms with Gasteiger partial charge in [-0.15, -0.1) is 0 Å². The predicted octanol–water partition coefficient (Wildman–Crippen LogP) is 2.55. The van der Waals surface area contributed by atoms with Crippen molar-refractivity contribution in [2.75, 3.05) is 20.8 Å². The third-order valence-corrected chi connectivity index (χ3v) is 2.42. The van der Waals surface area contributed by atoms with Gasteiger partial charge in [-0.1, -0.05) is 6.92 Å². The lowest BCUT2D eigenvalue weighted by Gasteiger charge is -2.16. The van der Waals surface area contributed by atoms with Crippen molar-refractivity contribution in [3.05, 3.63) is 17.7 Å². The summed E-state index contributed by atoms with van der Waals surface area (Å²) in [5.74, 6) is 1.74. The molecule has 0 saturated heterocycles. The van der Waals surface area contributed by atoms with Crippen molar-refractivity contribution in [1.29, 1.82) is 0 Å². The molecule has 4 heteroatoms. The molecule has 1 atom stereocenters. The van der Waals surface area contributed by atoms with E-state index in [1.165, 1.54) is 0 Å². The van der Waals surface area contributed by atoms with Crippen LogP contribution in [-0.2, 0) is 0 Å². The minimum atomic E-state index is -0.571. The highest BCUT2D eigenvalue weighted by atomic mass is 16.5. The first-order valence-corrected chi connectivity index (χ1v) is 5.70. The maximum atomic E-state index is 9.58. The van der Waals surface area contributed by atoms with Crippen molar-refractivity contribution in [3.8, 4) is 17.2 Å². The minimum absolute atomic E-state index is 0.571. The molecule has 0 aliphatic rings. The highest BCUT2D eigenvalue weighted by Crippen LogP contribution is 2.39. The average Bonchev–Trinajstić information content (AvgIpc) is 2.34. The summed E-state index contributed by atoms with van der Waals surface area (Å²) >= 11 is 0. The van der Waals surface area contributed by atoms with E-state index in [-0.39, 0.29) is 0 Å². The van der Waals surface area contributed by atoms with Gasteiger partial charge >= 0.3 is 0 Å². The zero-order chi connectivity index (χ0) is 12.8. The number of methoxy groups -OCH3 is 2. The van der Waals surface area contributed by atoms with Crippen LogP contribution >= 0.6 is 0 Å². The molecular formula is C13H20O4. The fourth-order valence-corrected chi connectivity index (χ4v) is 1.49. The largest absolute Gasteiger partial charge is 0.493 e. The van der Waals surface area contributed by atoms with Gasteiger partial charge in [0.2, 0.25) is 5.75 Å². The number of ether oxygens (including phenoxy) is 3. The van der Waals surface area contributed by atoms with Gasteiger partial charge in [-0.25, -0.2) is 0 Å². The Labute approximate surface area is 102 Å². The lowest BCUT2D eigenvalue weighted by Crippen LogP contribution is -2.02. The molecule has 1 aromatic rings. The zero-order valence-corrected chi connectivity index (χ0v) is 10.8. The Bertz CT molecular complexity index is 335. The summed E-state index contributed by atoms with van der Waals surface area (Å²) in [4.78, 5) is 0. The Morgan fingerprint density at radius 1 is 1.18 bits per heavy atom. The second-order valence-electron chi connectivity index (χ2n) is 3.78. The minimum Gasteiger partial charge on any atom is -0.493 e. The molecule has 0 spiro atoms.